The summed E-state index contributed by atoms with van der Waals surface area (Å²) in [6, 6.07) is 6.60. The van der Waals surface area contributed by atoms with Crippen molar-refractivity contribution in [3.63, 3.8) is 0 Å². The van der Waals surface area contributed by atoms with Crippen molar-refractivity contribution in [1.29, 1.82) is 0 Å². The maximum atomic E-state index is 14.4. The van der Waals surface area contributed by atoms with Crippen LogP contribution in [0.25, 0.3) is 0 Å². The summed E-state index contributed by atoms with van der Waals surface area (Å²) in [7, 11) is 8.07. The Hall–Kier alpha value is -4.39. The number of hydrogen-bond donors (Lipinski definition) is 3. The van der Waals surface area contributed by atoms with E-state index in [2.05, 4.69) is 10.6 Å². The molecule has 3 rings (SSSR count). The maximum Gasteiger partial charge on any atom is 0.321 e. The Morgan fingerprint density at radius 1 is 0.914 bits per heavy atom. The zero-order valence-corrected chi connectivity index (χ0v) is 45.3. The minimum atomic E-state index is -0.910. The first kappa shape index (κ1) is 61.7. The average Bonchev–Trinajstić information content (AvgIpc) is 3.92. The van der Waals surface area contributed by atoms with E-state index in [4.69, 9.17) is 14.6 Å². The Kier molecular flexibility index (Phi) is 26.9. The third-order valence-electron chi connectivity index (χ3n) is 14.1. The van der Waals surface area contributed by atoms with E-state index >= 15 is 0 Å². The number of methoxy groups -OCH3 is 2. The van der Waals surface area contributed by atoms with Crippen LogP contribution in [0.5, 0.6) is 0 Å². The predicted molar refractivity (Wildman–Crippen MR) is 273 cm³/mol. The van der Waals surface area contributed by atoms with E-state index in [0.29, 0.717) is 45.2 Å². The monoisotopic (exact) mass is 1000 g/mol. The molecule has 70 heavy (non-hydrogen) atoms. The largest absolute Gasteiger partial charge is 0.480 e. The zero-order chi connectivity index (χ0) is 53.0. The predicted octanol–water partition coefficient (Wildman–Crippen LogP) is 5.07. The number of nitrogens with zero attached hydrogens (tertiary/aromatic N) is 4. The highest BCUT2D eigenvalue weighted by Gasteiger charge is 2.43. The number of hydrogen-bond acceptors (Lipinski definition) is 12. The molecule has 3 N–H and O–H groups in total. The van der Waals surface area contributed by atoms with Gasteiger partial charge in [0.2, 0.25) is 35.4 Å². The highest BCUT2D eigenvalue weighted by atomic mass is 32.2. The Morgan fingerprint density at radius 3 is 2.06 bits per heavy atom. The van der Waals surface area contributed by atoms with E-state index in [9.17, 15) is 38.4 Å². The van der Waals surface area contributed by atoms with Gasteiger partial charge < -0.3 is 39.9 Å². The first-order chi connectivity index (χ1) is 33.0. The number of ketones is 1. The zero-order valence-electron chi connectivity index (χ0n) is 44.5. The van der Waals surface area contributed by atoms with E-state index in [0.717, 1.165) is 18.4 Å². The second-order valence-corrected chi connectivity index (χ2v) is 20.7. The lowest BCUT2D eigenvalue weighted by Gasteiger charge is -2.41. The number of benzene rings is 1. The van der Waals surface area contributed by atoms with E-state index in [1.165, 1.54) is 28.5 Å². The molecule has 17 nitrogen and oxygen atoms in total. The minimum absolute atomic E-state index is 0.00160. The number of amides is 6. The molecule has 6 amide bonds. The van der Waals surface area contributed by atoms with Crippen molar-refractivity contribution in [2.45, 2.75) is 167 Å². The standard InChI is InChI=1S/C42H73N5O9S.C10H13NO2/c1-14-27(6)38(31(55-11)23-34(50)46-22-18-19-30(46)39(56-12)28(7)29(8)48)45(10)42(54)36(25(2)3)43-40(52)37(26(4)5)44(9)33(49)20-16-15-17-21-47-35(51)24-32(57-13)41(47)53;1-11-9(10(12)13)7-8-5-3-2-4-6-8/h25-28,30-32,36-39H,14-24H2,1-13H3,(H,43,52);2-6,9,11H,7H2,1H3,(H,12,13)/t27-,28-,30-,31+,32?,36-,37-,38-,39+;9-/m00/s1. The van der Waals surface area contributed by atoms with Crippen molar-refractivity contribution >= 4 is 59.0 Å². The van der Waals surface area contributed by atoms with Crippen LogP contribution in [0.4, 0.5) is 0 Å². The van der Waals surface area contributed by atoms with E-state index in [-0.39, 0.29) is 89.5 Å². The third-order valence-corrected chi connectivity index (χ3v) is 15.1. The Labute approximate surface area is 422 Å². The molecule has 1 unspecified atom stereocenters. The molecule has 2 fully saturated rings. The van der Waals surface area contributed by atoms with Gasteiger partial charge in [0, 0.05) is 60.2 Å². The summed E-state index contributed by atoms with van der Waals surface area (Å²) in [6.45, 7) is 15.7. The molecule has 2 saturated heterocycles. The molecule has 2 aliphatic heterocycles. The van der Waals surface area contributed by atoms with Gasteiger partial charge in [-0.1, -0.05) is 91.6 Å². The molecule has 0 aromatic heterocycles. The molecular formula is C52H86N6O11S. The van der Waals surface area contributed by atoms with Gasteiger partial charge in [-0.05, 0) is 75.6 Å². The number of thioether (sulfide) groups is 1. The summed E-state index contributed by atoms with van der Waals surface area (Å²) in [5.41, 5.74) is 1.03. The van der Waals surface area contributed by atoms with Gasteiger partial charge in [0.15, 0.2) is 0 Å². The number of imide groups is 1. The highest BCUT2D eigenvalue weighted by Crippen LogP contribution is 2.30. The maximum absolute atomic E-state index is 14.4. The number of unbranched alkanes of at least 4 members (excludes halogenated alkanes) is 2. The molecule has 18 heteroatoms. The number of likely N-dealkylation sites (N-methyl/N-ethyl adjacent to an activating group) is 3. The van der Waals surface area contributed by atoms with Crippen molar-refractivity contribution < 1.29 is 52.9 Å². The fraction of sp³-hybridized carbons (Fsp3) is 0.731. The number of nitrogens with one attached hydrogen (secondary N) is 2. The van der Waals surface area contributed by atoms with Crippen LogP contribution < -0.4 is 10.6 Å². The second-order valence-electron chi connectivity index (χ2n) is 19.6. The molecule has 0 saturated carbocycles. The second kappa shape index (κ2) is 30.5. The van der Waals surface area contributed by atoms with Gasteiger partial charge in [0.1, 0.15) is 23.9 Å². The molecule has 0 bridgehead atoms. The summed E-state index contributed by atoms with van der Waals surface area (Å²) in [4.78, 5) is 110. The molecule has 0 radical (unpaired) electrons. The van der Waals surface area contributed by atoms with Gasteiger partial charge in [-0.3, -0.25) is 43.3 Å². The molecule has 0 spiro atoms. The van der Waals surface area contributed by atoms with Gasteiger partial charge in [-0.15, -0.1) is 0 Å². The third kappa shape index (κ3) is 17.4. The molecule has 1 aromatic rings. The van der Waals surface area contributed by atoms with Crippen molar-refractivity contribution in [3.05, 3.63) is 35.9 Å². The van der Waals surface area contributed by atoms with Crippen LogP contribution >= 0.6 is 11.8 Å². The summed E-state index contributed by atoms with van der Waals surface area (Å²) < 4.78 is 11.8. The van der Waals surface area contributed by atoms with Crippen LogP contribution in [0.3, 0.4) is 0 Å². The normalized spacial score (nSPS) is 19.4. The molecule has 10 atom stereocenters. The summed E-state index contributed by atoms with van der Waals surface area (Å²) in [6.07, 6.45) is 5.74. The number of carboxylic acids is 1. The number of aliphatic carboxylic acids is 1. The minimum Gasteiger partial charge on any atom is -0.480 e. The van der Waals surface area contributed by atoms with Gasteiger partial charge in [0.05, 0.1) is 36.0 Å². The van der Waals surface area contributed by atoms with Crippen LogP contribution in [-0.4, -0.2) is 174 Å². The number of likely N-dealkylation sites (tertiary alicyclic amines) is 2. The van der Waals surface area contributed by atoms with Gasteiger partial charge in [0.25, 0.3) is 0 Å². The van der Waals surface area contributed by atoms with Crippen LogP contribution in [0.2, 0.25) is 0 Å². The lowest BCUT2D eigenvalue weighted by Crippen LogP contribution is -2.60. The number of Topliss-reactive ketones (excluding diaryl/α,β-unsaturated/α-hetero) is 1. The first-order valence-electron chi connectivity index (χ1n) is 25.0. The number of rotatable bonds is 28. The van der Waals surface area contributed by atoms with Gasteiger partial charge in [-0.2, -0.15) is 11.8 Å². The van der Waals surface area contributed by atoms with Gasteiger partial charge >= 0.3 is 5.97 Å². The summed E-state index contributed by atoms with van der Waals surface area (Å²) in [5.74, 6) is -3.17. The van der Waals surface area contributed by atoms with Crippen molar-refractivity contribution in [3.8, 4) is 0 Å². The van der Waals surface area contributed by atoms with E-state index in [1.54, 1.807) is 45.2 Å². The number of ether oxygens (including phenoxy) is 2. The van der Waals surface area contributed by atoms with Crippen LogP contribution in [-0.2, 0) is 54.3 Å². The quantitative estimate of drug-likeness (QED) is 0.0740. The Bertz CT molecular complexity index is 1870. The molecule has 1 aromatic carbocycles. The summed E-state index contributed by atoms with van der Waals surface area (Å²) in [5, 5.41) is 14.2. The van der Waals surface area contributed by atoms with Crippen LogP contribution in [0.15, 0.2) is 30.3 Å². The van der Waals surface area contributed by atoms with Crippen molar-refractivity contribution in [1.82, 2.24) is 30.2 Å². The SMILES string of the molecule is CC[C@H](C)[C@@H]([C@@H](CC(=O)N1CCC[C@H]1[C@H](OC)[C@@H](C)C(C)=O)OC)N(C)C(=O)[C@@H](NC(=O)[C@H](C(C)C)N(C)C(=O)CCCCCN1C(=O)CC(SC)C1=O)C(C)C.CN[C@@H](Cc1ccccc1)C(=O)O. The molecular weight excluding hydrogens is 917 g/mol. The lowest BCUT2D eigenvalue weighted by molar-refractivity contribution is -0.148. The van der Waals surface area contributed by atoms with Crippen LogP contribution in [0.1, 0.15) is 119 Å². The highest BCUT2D eigenvalue weighted by molar-refractivity contribution is 8.00. The fourth-order valence-corrected chi connectivity index (χ4v) is 10.2. The topological polar surface area (TPSA) is 212 Å². The van der Waals surface area contributed by atoms with E-state index < -0.39 is 48.3 Å². The van der Waals surface area contributed by atoms with Crippen LogP contribution in [0, 0.1) is 23.7 Å². The Balaban J connectivity index is 0.00000111. The number of carboxylic acid groups (broad SMARTS) is 1. The molecule has 2 aliphatic rings. The number of carbonyl (C=O) groups is 8. The van der Waals surface area contributed by atoms with E-state index in [1.807, 2.05) is 85.1 Å². The number of carbonyl (C=O) groups excluding carboxylic acids is 7. The lowest BCUT2D eigenvalue weighted by atomic mass is 9.89. The molecule has 0 aliphatic carbocycles. The first-order valence-corrected chi connectivity index (χ1v) is 26.3. The smallest absolute Gasteiger partial charge is 0.321 e. The average molecular weight is 1000 g/mol. The van der Waals surface area contributed by atoms with Gasteiger partial charge in [-0.25, -0.2) is 0 Å². The summed E-state index contributed by atoms with van der Waals surface area (Å²) >= 11 is 1.38. The Morgan fingerprint density at radius 2 is 1.56 bits per heavy atom. The van der Waals surface area contributed by atoms with Crippen molar-refractivity contribution in [2.75, 3.05) is 54.7 Å². The van der Waals surface area contributed by atoms with Crippen molar-refractivity contribution in [2.24, 2.45) is 23.7 Å². The molecule has 2 heterocycles. The fourth-order valence-electron chi connectivity index (χ4n) is 9.57. The molecule has 396 valence electrons.